The van der Waals surface area contributed by atoms with Crippen LogP contribution in [0.3, 0.4) is 0 Å². The Hall–Kier alpha value is -2.22. The molecule has 1 heterocycles. The Morgan fingerprint density at radius 2 is 1.83 bits per heavy atom. The predicted octanol–water partition coefficient (Wildman–Crippen LogP) is 2.95. The van der Waals surface area contributed by atoms with Crippen molar-refractivity contribution in [3.05, 3.63) is 35.4 Å². The average molecular weight is 411 g/mol. The molecular formula is C21H31F2N3O3. The molecule has 0 aliphatic carbocycles. The molecule has 6 nitrogen and oxygen atoms in total. The van der Waals surface area contributed by atoms with E-state index >= 15 is 0 Å². The number of hydrogen-bond donors (Lipinski definition) is 1. The van der Waals surface area contributed by atoms with Crippen LogP contribution in [0.5, 0.6) is 0 Å². The van der Waals surface area contributed by atoms with Crippen LogP contribution in [0.2, 0.25) is 0 Å². The van der Waals surface area contributed by atoms with E-state index in [1.54, 1.807) is 37.6 Å². The highest BCUT2D eigenvalue weighted by atomic mass is 19.1. The summed E-state index contributed by atoms with van der Waals surface area (Å²) in [7, 11) is 1.77. The second-order valence-corrected chi connectivity index (χ2v) is 8.50. The van der Waals surface area contributed by atoms with Crippen LogP contribution in [0.4, 0.5) is 13.6 Å². The molecule has 0 spiro atoms. The summed E-state index contributed by atoms with van der Waals surface area (Å²) in [5.74, 6) is -1.29. The molecule has 0 radical (unpaired) electrons. The first-order chi connectivity index (χ1) is 13.5. The molecule has 1 aromatic rings. The summed E-state index contributed by atoms with van der Waals surface area (Å²) in [6.07, 6.45) is 0.485. The third kappa shape index (κ3) is 6.96. The second kappa shape index (κ2) is 9.52. The van der Waals surface area contributed by atoms with E-state index in [4.69, 9.17) is 4.74 Å². The van der Waals surface area contributed by atoms with Gasteiger partial charge < -0.3 is 19.9 Å². The van der Waals surface area contributed by atoms with Crippen molar-refractivity contribution >= 4 is 12.0 Å². The van der Waals surface area contributed by atoms with Gasteiger partial charge in [-0.2, -0.15) is 0 Å². The molecule has 29 heavy (non-hydrogen) atoms. The van der Waals surface area contributed by atoms with Gasteiger partial charge in [-0.15, -0.1) is 0 Å². The third-order valence-corrected chi connectivity index (χ3v) is 4.93. The summed E-state index contributed by atoms with van der Waals surface area (Å²) >= 11 is 0. The van der Waals surface area contributed by atoms with E-state index in [0.29, 0.717) is 38.0 Å². The molecule has 2 rings (SSSR count). The molecule has 0 saturated carbocycles. The van der Waals surface area contributed by atoms with Gasteiger partial charge >= 0.3 is 6.09 Å². The normalized spacial score (nSPS) is 18.5. The van der Waals surface area contributed by atoms with Gasteiger partial charge in [0.2, 0.25) is 5.91 Å². The lowest BCUT2D eigenvalue weighted by molar-refractivity contribution is -0.132. The number of benzene rings is 1. The Labute approximate surface area is 171 Å². The van der Waals surface area contributed by atoms with E-state index in [9.17, 15) is 18.4 Å². The van der Waals surface area contributed by atoms with Crippen molar-refractivity contribution in [1.29, 1.82) is 0 Å². The minimum atomic E-state index is -0.624. The molecule has 1 aromatic carbocycles. The number of carbonyl (C=O) groups excluding carboxylic acids is 2. The number of nitrogens with zero attached hydrogens (tertiary/aromatic N) is 2. The average Bonchev–Trinajstić information content (AvgIpc) is 2.58. The maximum atomic E-state index is 13.5. The van der Waals surface area contributed by atoms with E-state index < -0.39 is 23.3 Å². The number of rotatable bonds is 5. The molecule has 1 unspecified atom stereocenters. The second-order valence-electron chi connectivity index (χ2n) is 8.50. The number of amides is 2. The minimum absolute atomic E-state index is 0.0490. The zero-order valence-electron chi connectivity index (χ0n) is 17.8. The summed E-state index contributed by atoms with van der Waals surface area (Å²) in [4.78, 5) is 27.9. The molecule has 1 fully saturated rings. The Morgan fingerprint density at radius 3 is 2.34 bits per heavy atom. The summed E-state index contributed by atoms with van der Waals surface area (Å²) in [6, 6.07) is 3.05. The first-order valence-corrected chi connectivity index (χ1v) is 9.86. The Kier molecular flexibility index (Phi) is 7.57. The van der Waals surface area contributed by atoms with Crippen molar-refractivity contribution in [2.45, 2.75) is 58.2 Å². The molecule has 2 atom stereocenters. The van der Waals surface area contributed by atoms with Crippen LogP contribution in [0.25, 0.3) is 0 Å². The number of likely N-dealkylation sites (N-methyl/N-ethyl adjacent to an activating group) is 1. The van der Waals surface area contributed by atoms with Crippen molar-refractivity contribution in [1.82, 2.24) is 15.1 Å². The molecule has 1 aliphatic heterocycles. The first-order valence-electron chi connectivity index (χ1n) is 9.86. The standard InChI is InChI=1S/C21H31F2N3O3/c1-14(27)25-6-7-26(20(28)29-21(2,3)4)19(13-25)12-18(24-5)10-15-8-16(22)11-17(23)9-15/h8-9,11,18-19,24H,6-7,10,12-13H2,1-5H3/t18?,19-/m0/s1. The highest BCUT2D eigenvalue weighted by Crippen LogP contribution is 2.21. The number of hydrogen-bond acceptors (Lipinski definition) is 4. The van der Waals surface area contributed by atoms with E-state index in [-0.39, 0.29) is 18.0 Å². The molecule has 2 amide bonds. The SMILES string of the molecule is CNC(Cc1cc(F)cc(F)c1)C[C@H]1CN(C(C)=O)CCN1C(=O)OC(C)(C)C. The van der Waals surface area contributed by atoms with Crippen LogP contribution in [0, 0.1) is 11.6 Å². The fourth-order valence-corrected chi connectivity index (χ4v) is 3.55. The van der Waals surface area contributed by atoms with Crippen LogP contribution in [-0.2, 0) is 16.0 Å². The van der Waals surface area contributed by atoms with Gasteiger partial charge in [0.1, 0.15) is 17.2 Å². The maximum absolute atomic E-state index is 13.5. The molecule has 1 saturated heterocycles. The molecule has 1 N–H and O–H groups in total. The number of piperazine rings is 1. The number of halogens is 2. The van der Waals surface area contributed by atoms with Crippen molar-refractivity contribution in [3.8, 4) is 0 Å². The van der Waals surface area contributed by atoms with Gasteiger partial charge in [0, 0.05) is 38.7 Å². The number of ether oxygens (including phenoxy) is 1. The number of carbonyl (C=O) groups is 2. The zero-order chi connectivity index (χ0) is 21.8. The first kappa shape index (κ1) is 23.1. The van der Waals surface area contributed by atoms with Crippen molar-refractivity contribution < 1.29 is 23.1 Å². The smallest absolute Gasteiger partial charge is 0.410 e. The van der Waals surface area contributed by atoms with E-state index in [1.165, 1.54) is 19.1 Å². The van der Waals surface area contributed by atoms with E-state index in [2.05, 4.69) is 5.32 Å². The molecule has 8 heteroatoms. The van der Waals surface area contributed by atoms with Gasteiger partial charge in [0.15, 0.2) is 0 Å². The maximum Gasteiger partial charge on any atom is 0.410 e. The fourth-order valence-electron chi connectivity index (χ4n) is 3.55. The van der Waals surface area contributed by atoms with Gasteiger partial charge in [-0.1, -0.05) is 0 Å². The quantitative estimate of drug-likeness (QED) is 0.809. The lowest BCUT2D eigenvalue weighted by Crippen LogP contribution is -2.58. The Bertz CT molecular complexity index is 716. The van der Waals surface area contributed by atoms with E-state index in [0.717, 1.165) is 6.07 Å². The van der Waals surface area contributed by atoms with Crippen LogP contribution in [0.1, 0.15) is 39.7 Å². The molecule has 0 bridgehead atoms. The van der Waals surface area contributed by atoms with Crippen LogP contribution >= 0.6 is 0 Å². The van der Waals surface area contributed by atoms with Gasteiger partial charge in [-0.25, -0.2) is 13.6 Å². The van der Waals surface area contributed by atoms with Crippen LogP contribution in [-0.4, -0.2) is 66.2 Å². The van der Waals surface area contributed by atoms with Gasteiger partial charge in [0.05, 0.1) is 6.04 Å². The molecule has 0 aromatic heterocycles. The minimum Gasteiger partial charge on any atom is -0.444 e. The van der Waals surface area contributed by atoms with Crippen LogP contribution < -0.4 is 5.32 Å². The molecule has 1 aliphatic rings. The summed E-state index contributed by atoms with van der Waals surface area (Å²) in [5, 5.41) is 3.16. The molecular weight excluding hydrogens is 380 g/mol. The topological polar surface area (TPSA) is 61.9 Å². The Morgan fingerprint density at radius 1 is 1.21 bits per heavy atom. The summed E-state index contributed by atoms with van der Waals surface area (Å²) < 4.78 is 32.6. The summed E-state index contributed by atoms with van der Waals surface area (Å²) in [6.45, 7) is 8.14. The van der Waals surface area contributed by atoms with Gasteiger partial charge in [-0.05, 0) is 58.4 Å². The van der Waals surface area contributed by atoms with Gasteiger partial charge in [-0.3, -0.25) is 4.79 Å². The lowest BCUT2D eigenvalue weighted by atomic mass is 9.97. The molecule has 162 valence electrons. The Balaban J connectivity index is 2.16. The third-order valence-electron chi connectivity index (χ3n) is 4.93. The highest BCUT2D eigenvalue weighted by Gasteiger charge is 2.35. The monoisotopic (exact) mass is 411 g/mol. The van der Waals surface area contributed by atoms with Crippen LogP contribution in [0.15, 0.2) is 18.2 Å². The van der Waals surface area contributed by atoms with Crippen molar-refractivity contribution in [2.75, 3.05) is 26.7 Å². The van der Waals surface area contributed by atoms with Crippen molar-refractivity contribution in [3.63, 3.8) is 0 Å². The fraction of sp³-hybridized carbons (Fsp3) is 0.619. The van der Waals surface area contributed by atoms with Gasteiger partial charge in [0.25, 0.3) is 0 Å². The highest BCUT2D eigenvalue weighted by molar-refractivity contribution is 5.74. The predicted molar refractivity (Wildman–Crippen MR) is 107 cm³/mol. The van der Waals surface area contributed by atoms with Crippen molar-refractivity contribution in [2.24, 2.45) is 0 Å². The number of nitrogens with one attached hydrogen (secondary N) is 1. The zero-order valence-corrected chi connectivity index (χ0v) is 17.8. The largest absolute Gasteiger partial charge is 0.444 e. The summed E-state index contributed by atoms with van der Waals surface area (Å²) in [5.41, 5.74) is -0.0918. The lowest BCUT2D eigenvalue weighted by Gasteiger charge is -2.42. The van der Waals surface area contributed by atoms with E-state index in [1.807, 2.05) is 0 Å².